The van der Waals surface area contributed by atoms with Crippen LogP contribution in [-0.2, 0) is 23.9 Å². The number of hydrogen-bond acceptors (Lipinski definition) is 6. The van der Waals surface area contributed by atoms with Gasteiger partial charge in [-0.3, -0.25) is 19.2 Å². The molecule has 3 rings (SSSR count). The molecule has 3 aliphatic rings. The van der Waals surface area contributed by atoms with Crippen molar-refractivity contribution in [3.63, 3.8) is 0 Å². The Morgan fingerprint density at radius 1 is 1.03 bits per heavy atom. The number of carbonyl (C=O) groups is 5. The molecule has 4 amide bonds. The number of carbonyl (C=O) groups excluding carboxylic acids is 5. The van der Waals surface area contributed by atoms with Crippen molar-refractivity contribution in [3.8, 4) is 0 Å². The van der Waals surface area contributed by atoms with Gasteiger partial charge in [0.2, 0.25) is 23.5 Å². The second-order valence-electron chi connectivity index (χ2n) is 13.4. The van der Waals surface area contributed by atoms with E-state index in [2.05, 4.69) is 10.6 Å². The molecule has 0 bridgehead atoms. The van der Waals surface area contributed by atoms with E-state index in [0.717, 1.165) is 19.3 Å². The lowest BCUT2D eigenvalue weighted by Gasteiger charge is -2.37. The lowest BCUT2D eigenvalue weighted by Crippen LogP contribution is -2.60. The molecular weight excluding hydrogens is 514 g/mol. The van der Waals surface area contributed by atoms with E-state index in [9.17, 15) is 32.8 Å². The number of fused-ring (bicyclic) bond motifs is 1. The zero-order chi connectivity index (χ0) is 29.5. The third-order valence-electron chi connectivity index (χ3n) is 7.87. The second kappa shape index (κ2) is 11.0. The van der Waals surface area contributed by atoms with Crippen LogP contribution in [0.25, 0.3) is 0 Å². The van der Waals surface area contributed by atoms with E-state index >= 15 is 0 Å². The molecule has 1 heterocycles. The van der Waals surface area contributed by atoms with Gasteiger partial charge in [0.25, 0.3) is 5.91 Å². The minimum atomic E-state index is -2.99. The van der Waals surface area contributed by atoms with Crippen molar-refractivity contribution < 1.29 is 37.5 Å². The van der Waals surface area contributed by atoms with Crippen LogP contribution in [0, 0.1) is 23.2 Å². The first-order chi connectivity index (χ1) is 17.8. The van der Waals surface area contributed by atoms with Crippen LogP contribution < -0.4 is 16.4 Å². The maximum atomic E-state index is 14.4. The summed E-state index contributed by atoms with van der Waals surface area (Å²) in [6, 6.07) is -3.62. The second-order valence-corrected chi connectivity index (χ2v) is 13.4. The number of ether oxygens (including phenoxy) is 1. The molecule has 0 spiro atoms. The van der Waals surface area contributed by atoms with Crippen LogP contribution in [0.3, 0.4) is 0 Å². The van der Waals surface area contributed by atoms with Gasteiger partial charge < -0.3 is 26.0 Å². The molecule has 39 heavy (non-hydrogen) atoms. The number of nitrogens with one attached hydrogen (secondary N) is 2. The quantitative estimate of drug-likeness (QED) is 0.392. The number of alkyl halides is 2. The molecule has 5 atom stereocenters. The lowest BCUT2D eigenvalue weighted by molar-refractivity contribution is -0.145. The molecular formula is C27H42F2N4O6. The van der Waals surface area contributed by atoms with E-state index in [0.29, 0.717) is 0 Å². The molecule has 12 heteroatoms. The van der Waals surface area contributed by atoms with Crippen LogP contribution in [0.2, 0.25) is 0 Å². The summed E-state index contributed by atoms with van der Waals surface area (Å²) >= 11 is 0. The molecule has 0 aromatic carbocycles. The summed E-state index contributed by atoms with van der Waals surface area (Å²) in [6.07, 6.45) is 0.977. The predicted octanol–water partition coefficient (Wildman–Crippen LogP) is 2.53. The highest BCUT2D eigenvalue weighted by atomic mass is 19.3. The van der Waals surface area contributed by atoms with Crippen LogP contribution >= 0.6 is 0 Å². The minimum Gasteiger partial charge on any atom is -0.444 e. The van der Waals surface area contributed by atoms with Crippen LogP contribution in [0.1, 0.15) is 80.1 Å². The summed E-state index contributed by atoms with van der Waals surface area (Å²) in [5.41, 5.74) is 3.58. The number of nitrogens with two attached hydrogens (primary N) is 1. The van der Waals surface area contributed by atoms with Gasteiger partial charge in [-0.15, -0.1) is 0 Å². The van der Waals surface area contributed by atoms with Gasteiger partial charge in [0, 0.05) is 19.4 Å². The number of ketones is 1. The van der Waals surface area contributed by atoms with Crippen molar-refractivity contribution in [2.45, 2.75) is 110 Å². The highest BCUT2D eigenvalue weighted by molar-refractivity contribution is 6.37. The monoisotopic (exact) mass is 556 g/mol. The maximum Gasteiger partial charge on any atom is 0.408 e. The molecule has 1 aliphatic heterocycles. The van der Waals surface area contributed by atoms with Gasteiger partial charge in [-0.05, 0) is 50.4 Å². The highest BCUT2D eigenvalue weighted by Gasteiger charge is 2.59. The predicted molar refractivity (Wildman–Crippen MR) is 137 cm³/mol. The molecule has 10 nitrogen and oxygen atoms in total. The standard InChI is InChI=1S/C27H42F2N4O6/c1-25(2,3)20(32-24(38)39-26(4,5)6)23(37)33-13-15-11-27(28,29)12-16(15)18(33)22(36)31-17(19(34)21(30)35)10-14-8-7-9-14/h14-18,20H,7-13H2,1-6H3,(H2,30,35)(H,31,36)(H,32,38)/t15-,16-,17?,18-,20+/m0/s1. The number of halogens is 2. The summed E-state index contributed by atoms with van der Waals surface area (Å²) in [6.45, 7) is 10.1. The fourth-order valence-corrected chi connectivity index (χ4v) is 5.82. The van der Waals surface area contributed by atoms with Gasteiger partial charge in [-0.1, -0.05) is 40.0 Å². The summed E-state index contributed by atoms with van der Waals surface area (Å²) < 4.78 is 34.1. The number of amides is 4. The van der Waals surface area contributed by atoms with Crippen molar-refractivity contribution in [2.24, 2.45) is 28.9 Å². The molecule has 0 aromatic heterocycles. The Balaban J connectivity index is 1.89. The third-order valence-corrected chi connectivity index (χ3v) is 7.87. The maximum absolute atomic E-state index is 14.4. The topological polar surface area (TPSA) is 148 Å². The summed E-state index contributed by atoms with van der Waals surface area (Å²) in [5, 5.41) is 5.17. The van der Waals surface area contributed by atoms with E-state index in [1.165, 1.54) is 4.90 Å². The average molecular weight is 557 g/mol. The Morgan fingerprint density at radius 3 is 2.13 bits per heavy atom. The van der Waals surface area contributed by atoms with E-state index < -0.39 is 89.3 Å². The zero-order valence-electron chi connectivity index (χ0n) is 23.6. The normalized spacial score (nSPS) is 26.2. The van der Waals surface area contributed by atoms with Crippen molar-refractivity contribution in [1.29, 1.82) is 0 Å². The first-order valence-corrected chi connectivity index (χ1v) is 13.6. The number of Topliss-reactive ketones (excluding diaryl/α,β-unsaturated/α-hetero) is 1. The molecule has 2 aliphatic carbocycles. The number of nitrogens with zero attached hydrogens (tertiary/aromatic N) is 1. The molecule has 3 fully saturated rings. The van der Waals surface area contributed by atoms with Gasteiger partial charge >= 0.3 is 6.09 Å². The Hall–Kier alpha value is -2.79. The number of alkyl carbamates (subject to hydrolysis) is 1. The Bertz CT molecular complexity index is 1000. The zero-order valence-corrected chi connectivity index (χ0v) is 23.6. The fraction of sp³-hybridized carbons (Fsp3) is 0.815. The first kappa shape index (κ1) is 30.7. The average Bonchev–Trinajstić information content (AvgIpc) is 3.21. The first-order valence-electron chi connectivity index (χ1n) is 13.6. The van der Waals surface area contributed by atoms with Crippen molar-refractivity contribution >= 4 is 29.6 Å². The minimum absolute atomic E-state index is 0.100. The highest BCUT2D eigenvalue weighted by Crippen LogP contribution is 2.50. The Morgan fingerprint density at radius 2 is 1.64 bits per heavy atom. The Labute approximate surface area is 228 Å². The molecule has 0 radical (unpaired) electrons. The molecule has 220 valence electrons. The SMILES string of the molecule is CC(C)(C)OC(=O)N[C@H](C(=O)N1C[C@@H]2CC(F)(F)C[C@@H]2[C@H]1C(=O)NC(CC1CCC1)C(=O)C(N)=O)C(C)(C)C. The van der Waals surface area contributed by atoms with Gasteiger partial charge in [0.05, 0.1) is 6.04 Å². The number of rotatable bonds is 8. The molecule has 4 N–H and O–H groups in total. The molecule has 0 aromatic rings. The lowest BCUT2D eigenvalue weighted by atomic mass is 9.80. The van der Waals surface area contributed by atoms with Crippen LogP contribution in [0.5, 0.6) is 0 Å². The van der Waals surface area contributed by atoms with Gasteiger partial charge in [0.1, 0.15) is 17.7 Å². The molecule has 2 saturated carbocycles. The van der Waals surface area contributed by atoms with Gasteiger partial charge in [0.15, 0.2) is 0 Å². The van der Waals surface area contributed by atoms with E-state index in [1.807, 2.05) is 0 Å². The number of likely N-dealkylation sites (tertiary alicyclic amines) is 1. The number of primary amides is 1. The van der Waals surface area contributed by atoms with Crippen molar-refractivity contribution in [3.05, 3.63) is 0 Å². The van der Waals surface area contributed by atoms with Crippen LogP contribution in [-0.4, -0.2) is 70.7 Å². The fourth-order valence-electron chi connectivity index (χ4n) is 5.82. The van der Waals surface area contributed by atoms with Crippen molar-refractivity contribution in [2.75, 3.05) is 6.54 Å². The third kappa shape index (κ3) is 7.45. The molecule has 1 unspecified atom stereocenters. The summed E-state index contributed by atoms with van der Waals surface area (Å²) in [4.78, 5) is 65.6. The molecule has 1 saturated heterocycles. The van der Waals surface area contributed by atoms with E-state index in [4.69, 9.17) is 10.5 Å². The number of hydrogen-bond donors (Lipinski definition) is 3. The van der Waals surface area contributed by atoms with Crippen LogP contribution in [0.4, 0.5) is 13.6 Å². The largest absolute Gasteiger partial charge is 0.444 e. The summed E-state index contributed by atoms with van der Waals surface area (Å²) in [5.74, 6) is -7.89. The van der Waals surface area contributed by atoms with Gasteiger partial charge in [-0.2, -0.15) is 0 Å². The van der Waals surface area contributed by atoms with Gasteiger partial charge in [-0.25, -0.2) is 13.6 Å². The van der Waals surface area contributed by atoms with Crippen LogP contribution in [0.15, 0.2) is 0 Å². The summed E-state index contributed by atoms with van der Waals surface area (Å²) in [7, 11) is 0. The van der Waals surface area contributed by atoms with Crippen molar-refractivity contribution in [1.82, 2.24) is 15.5 Å². The van der Waals surface area contributed by atoms with E-state index in [1.54, 1.807) is 41.5 Å². The smallest absolute Gasteiger partial charge is 0.408 e. The van der Waals surface area contributed by atoms with E-state index in [-0.39, 0.29) is 18.9 Å². The Kier molecular flexibility index (Phi) is 8.67.